The molecule has 0 spiro atoms. The first-order valence-electron chi connectivity index (χ1n) is 12.7. The second kappa shape index (κ2) is 9.50. The van der Waals surface area contributed by atoms with Gasteiger partial charge in [-0.05, 0) is 42.3 Å². The Hall–Kier alpha value is -2.94. The van der Waals surface area contributed by atoms with Crippen LogP contribution in [0.15, 0.2) is 41.3 Å². The average molecular weight is 508 g/mol. The van der Waals surface area contributed by atoms with E-state index in [0.717, 1.165) is 73.8 Å². The molecule has 6 rings (SSSR count). The molecule has 1 amide bonds. The van der Waals surface area contributed by atoms with Crippen LogP contribution in [0.4, 0.5) is 5.69 Å². The van der Waals surface area contributed by atoms with Gasteiger partial charge in [0.2, 0.25) is 0 Å². The Balaban J connectivity index is 1.06. The molecule has 36 heavy (non-hydrogen) atoms. The Bertz CT molecular complexity index is 1360. The van der Waals surface area contributed by atoms with E-state index in [1.54, 1.807) is 6.07 Å². The third-order valence-electron chi connectivity index (χ3n) is 7.79. The maximum absolute atomic E-state index is 12.7. The number of nitrogens with zero attached hydrogens (tertiary/aromatic N) is 3. The van der Waals surface area contributed by atoms with E-state index < -0.39 is 0 Å². The molecule has 2 atom stereocenters. The number of anilines is 1. The molecule has 188 valence electrons. The van der Waals surface area contributed by atoms with Crippen molar-refractivity contribution in [3.05, 3.63) is 68.6 Å². The molecule has 9 heteroatoms. The number of hydrogen-bond donors (Lipinski definition) is 2. The van der Waals surface area contributed by atoms with Crippen LogP contribution in [0.3, 0.4) is 0 Å². The second-order valence-electron chi connectivity index (χ2n) is 10.0. The summed E-state index contributed by atoms with van der Waals surface area (Å²) >= 11 is 6.62. The fourth-order valence-corrected chi connectivity index (χ4v) is 5.81. The Kier molecular flexibility index (Phi) is 6.19. The summed E-state index contributed by atoms with van der Waals surface area (Å²) in [5.41, 5.74) is 4.95. The molecule has 0 bridgehead atoms. The van der Waals surface area contributed by atoms with E-state index in [1.165, 1.54) is 0 Å². The summed E-state index contributed by atoms with van der Waals surface area (Å²) in [6.45, 7) is 7.69. The van der Waals surface area contributed by atoms with Crippen LogP contribution in [0.1, 0.15) is 28.4 Å². The van der Waals surface area contributed by atoms with Gasteiger partial charge in [0.05, 0.1) is 35.0 Å². The van der Waals surface area contributed by atoms with Crippen molar-refractivity contribution in [1.82, 2.24) is 20.2 Å². The van der Waals surface area contributed by atoms with Crippen molar-refractivity contribution in [2.24, 2.45) is 11.8 Å². The highest BCUT2D eigenvalue weighted by Crippen LogP contribution is 2.44. The van der Waals surface area contributed by atoms with Crippen LogP contribution < -0.4 is 15.8 Å². The van der Waals surface area contributed by atoms with Gasteiger partial charge in [-0.15, -0.1) is 0 Å². The summed E-state index contributed by atoms with van der Waals surface area (Å²) in [5.74, 6) is 0.882. The first kappa shape index (κ1) is 23.5. The van der Waals surface area contributed by atoms with Crippen molar-refractivity contribution in [3.63, 3.8) is 0 Å². The number of halogens is 1. The minimum Gasteiger partial charge on any atom is -0.381 e. The standard InChI is InChI=1S/C27H30ClN5O3/c1-2-17-11-22-23(30-26(17)34)9-16(12-29-22)13-32-5-7-33(8-6-32)24-4-3-18(10-21(24)28)27(35)31-25-19-14-36-15-20(19)25/h3-4,9-12,19-20,25H,2,5-8,13-15H2,1H3,(H,30,34)(H,31,35). The number of hydrogen-bond acceptors (Lipinski definition) is 6. The number of ether oxygens (including phenoxy) is 1. The van der Waals surface area contributed by atoms with Crippen molar-refractivity contribution in [3.8, 4) is 0 Å². The number of aromatic amines is 1. The Morgan fingerprint density at radius 2 is 1.94 bits per heavy atom. The maximum Gasteiger partial charge on any atom is 0.251 e. The summed E-state index contributed by atoms with van der Waals surface area (Å²) in [6, 6.07) is 9.74. The number of pyridine rings is 2. The van der Waals surface area contributed by atoms with Crippen LogP contribution in [0, 0.1) is 11.8 Å². The molecule has 0 radical (unpaired) electrons. The van der Waals surface area contributed by atoms with Crippen molar-refractivity contribution in [2.45, 2.75) is 25.9 Å². The first-order chi connectivity index (χ1) is 17.5. The zero-order valence-electron chi connectivity index (χ0n) is 20.3. The number of rotatable bonds is 6. The number of piperazine rings is 1. The molecular weight excluding hydrogens is 478 g/mol. The number of carbonyl (C=O) groups is 1. The summed E-state index contributed by atoms with van der Waals surface area (Å²) in [7, 11) is 0. The topological polar surface area (TPSA) is 90.6 Å². The van der Waals surface area contributed by atoms with Gasteiger partial charge in [0.1, 0.15) is 0 Å². The average Bonchev–Trinajstić information content (AvgIpc) is 3.28. The van der Waals surface area contributed by atoms with E-state index in [-0.39, 0.29) is 17.5 Å². The van der Waals surface area contributed by atoms with Crippen LogP contribution in [-0.4, -0.2) is 66.2 Å². The number of amides is 1. The van der Waals surface area contributed by atoms with E-state index in [0.29, 0.717) is 28.8 Å². The molecule has 1 aromatic carbocycles. The zero-order valence-corrected chi connectivity index (χ0v) is 21.1. The maximum atomic E-state index is 12.7. The van der Waals surface area contributed by atoms with Crippen molar-refractivity contribution >= 4 is 34.2 Å². The first-order valence-corrected chi connectivity index (χ1v) is 13.0. The van der Waals surface area contributed by atoms with Gasteiger partial charge >= 0.3 is 0 Å². The molecule has 2 N–H and O–H groups in total. The van der Waals surface area contributed by atoms with Crippen LogP contribution >= 0.6 is 11.6 Å². The molecule has 3 fully saturated rings. The number of fused-ring (bicyclic) bond motifs is 2. The van der Waals surface area contributed by atoms with Gasteiger partial charge in [0.15, 0.2) is 0 Å². The number of carbonyl (C=O) groups excluding carboxylic acids is 1. The summed E-state index contributed by atoms with van der Waals surface area (Å²) in [4.78, 5) is 37.0. The van der Waals surface area contributed by atoms with E-state index in [4.69, 9.17) is 16.3 Å². The molecule has 1 aliphatic carbocycles. The van der Waals surface area contributed by atoms with Crippen LogP contribution in [0.25, 0.3) is 11.0 Å². The van der Waals surface area contributed by atoms with Crippen molar-refractivity contribution in [1.29, 1.82) is 0 Å². The lowest BCUT2D eigenvalue weighted by molar-refractivity contribution is 0.0929. The number of aromatic nitrogens is 2. The van der Waals surface area contributed by atoms with Crippen LogP contribution in [0.5, 0.6) is 0 Å². The van der Waals surface area contributed by atoms with Crippen LogP contribution in [0.2, 0.25) is 5.02 Å². The van der Waals surface area contributed by atoms with E-state index in [9.17, 15) is 9.59 Å². The minimum absolute atomic E-state index is 0.0392. The second-order valence-corrected chi connectivity index (χ2v) is 10.5. The van der Waals surface area contributed by atoms with Gasteiger partial charge in [-0.1, -0.05) is 18.5 Å². The highest BCUT2D eigenvalue weighted by molar-refractivity contribution is 6.33. The Morgan fingerprint density at radius 1 is 1.17 bits per heavy atom. The lowest BCUT2D eigenvalue weighted by Crippen LogP contribution is -2.46. The molecule has 8 nitrogen and oxygen atoms in total. The van der Waals surface area contributed by atoms with Crippen molar-refractivity contribution in [2.75, 3.05) is 44.3 Å². The van der Waals surface area contributed by atoms with Gasteiger partial charge in [0, 0.05) is 67.9 Å². The molecular formula is C27H30ClN5O3. The fourth-order valence-electron chi connectivity index (χ4n) is 5.51. The molecule has 1 saturated carbocycles. The molecule has 2 aliphatic heterocycles. The molecule has 3 aromatic rings. The van der Waals surface area contributed by atoms with E-state index >= 15 is 0 Å². The Morgan fingerprint density at radius 3 is 2.67 bits per heavy atom. The lowest BCUT2D eigenvalue weighted by Gasteiger charge is -2.36. The Labute approximate surface area is 214 Å². The largest absolute Gasteiger partial charge is 0.381 e. The summed E-state index contributed by atoms with van der Waals surface area (Å²) in [5, 5.41) is 3.73. The van der Waals surface area contributed by atoms with Gasteiger partial charge in [0.25, 0.3) is 11.5 Å². The SMILES string of the molecule is CCc1cc2ncc(CN3CCN(c4ccc(C(=O)NC5C6COCC65)cc4Cl)CC3)cc2[nH]c1=O. The van der Waals surface area contributed by atoms with E-state index in [2.05, 4.69) is 25.1 Å². The molecule has 3 aliphatic rings. The molecule has 2 aromatic heterocycles. The predicted molar refractivity (Wildman–Crippen MR) is 140 cm³/mol. The molecule has 2 unspecified atom stereocenters. The normalized spacial score (nSPS) is 23.6. The lowest BCUT2D eigenvalue weighted by atomic mass is 10.1. The van der Waals surface area contributed by atoms with Crippen molar-refractivity contribution < 1.29 is 9.53 Å². The highest BCUT2D eigenvalue weighted by Gasteiger charge is 2.54. The summed E-state index contributed by atoms with van der Waals surface area (Å²) < 4.78 is 5.40. The van der Waals surface area contributed by atoms with E-state index in [1.807, 2.05) is 37.4 Å². The van der Waals surface area contributed by atoms with Gasteiger partial charge < -0.3 is 19.9 Å². The third kappa shape index (κ3) is 4.49. The van der Waals surface area contributed by atoms with Crippen LogP contribution in [-0.2, 0) is 17.7 Å². The summed E-state index contributed by atoms with van der Waals surface area (Å²) in [6.07, 6.45) is 2.59. The molecule has 2 saturated heterocycles. The third-order valence-corrected chi connectivity index (χ3v) is 8.09. The van der Waals surface area contributed by atoms with Gasteiger partial charge in [-0.3, -0.25) is 19.5 Å². The molecule has 4 heterocycles. The highest BCUT2D eigenvalue weighted by atomic mass is 35.5. The van der Waals surface area contributed by atoms with Gasteiger partial charge in [-0.25, -0.2) is 0 Å². The minimum atomic E-state index is -0.0658. The number of H-pyrrole nitrogens is 1. The smallest absolute Gasteiger partial charge is 0.251 e. The zero-order chi connectivity index (χ0) is 24.8. The monoisotopic (exact) mass is 507 g/mol. The van der Waals surface area contributed by atoms with Gasteiger partial charge in [-0.2, -0.15) is 0 Å². The predicted octanol–water partition coefficient (Wildman–Crippen LogP) is 2.84. The number of aryl methyl sites for hydroxylation is 1. The number of benzene rings is 1. The fraction of sp³-hybridized carbons (Fsp3) is 0.444. The number of nitrogens with one attached hydrogen (secondary N) is 2. The quantitative estimate of drug-likeness (QED) is 0.533.